The fourth-order valence-corrected chi connectivity index (χ4v) is 18.1. The van der Waals surface area contributed by atoms with Crippen molar-refractivity contribution in [2.24, 2.45) is 0 Å². The first-order valence-electron chi connectivity index (χ1n) is 8.80. The molecule has 0 aliphatic rings. The van der Waals surface area contributed by atoms with Gasteiger partial charge in [0.25, 0.3) is 0 Å². The molecule has 0 saturated carbocycles. The molecule has 0 heterocycles. The van der Waals surface area contributed by atoms with E-state index in [1.165, 1.54) is 0 Å². The van der Waals surface area contributed by atoms with Crippen LogP contribution in [0.3, 0.4) is 0 Å². The molecule has 1 N–H and O–H groups in total. The molecule has 0 aliphatic carbocycles. The SMILES string of the molecule is C[Si](C)(C)O[Si](C)(C)CCO.C[Si](C)(C)O[Si](C)(C)CCOS(=O)(=O)[O-].[Na+]. The molecule has 7 nitrogen and oxygen atoms in total. The van der Waals surface area contributed by atoms with Crippen molar-refractivity contribution in [3.8, 4) is 0 Å². The first-order valence-corrected chi connectivity index (χ1v) is 23.2. The van der Waals surface area contributed by atoms with E-state index in [2.05, 4.69) is 56.6 Å². The smallest absolute Gasteiger partial charge is 0.726 e. The fraction of sp³-hybridized carbons (Fsp3) is 1.00. The molecule has 0 spiro atoms. The predicted octanol–water partition coefficient (Wildman–Crippen LogP) is 0.559. The zero-order valence-electron chi connectivity index (χ0n) is 19.1. The molecule has 0 atom stereocenters. The molecule has 0 aromatic carbocycles. The van der Waals surface area contributed by atoms with Gasteiger partial charge in [-0.15, -0.1) is 0 Å². The summed E-state index contributed by atoms with van der Waals surface area (Å²) in [5.74, 6) is 0. The molecule has 13 heteroatoms. The Morgan fingerprint density at radius 2 is 1.11 bits per heavy atom. The van der Waals surface area contributed by atoms with E-state index >= 15 is 0 Å². The quantitative estimate of drug-likeness (QED) is 0.273. The van der Waals surface area contributed by atoms with Crippen molar-refractivity contribution in [1.29, 1.82) is 0 Å². The Morgan fingerprint density at radius 3 is 1.37 bits per heavy atom. The van der Waals surface area contributed by atoms with E-state index in [1.54, 1.807) is 0 Å². The predicted molar refractivity (Wildman–Crippen MR) is 116 cm³/mol. The Morgan fingerprint density at radius 1 is 0.778 bits per heavy atom. The monoisotopic (exact) mass is 486 g/mol. The van der Waals surface area contributed by atoms with E-state index in [9.17, 15) is 13.0 Å². The summed E-state index contributed by atoms with van der Waals surface area (Å²) in [4.78, 5) is 0. The minimum atomic E-state index is -4.56. The first kappa shape index (κ1) is 33.3. The van der Waals surface area contributed by atoms with Crippen molar-refractivity contribution < 1.29 is 60.0 Å². The van der Waals surface area contributed by atoms with E-state index in [0.717, 1.165) is 6.04 Å². The maximum atomic E-state index is 10.2. The van der Waals surface area contributed by atoms with Crippen molar-refractivity contribution in [2.45, 2.75) is 77.6 Å². The molecule has 0 fully saturated rings. The zero-order chi connectivity index (χ0) is 21.4. The molecule has 27 heavy (non-hydrogen) atoms. The minimum Gasteiger partial charge on any atom is -0.726 e. The van der Waals surface area contributed by atoms with E-state index in [4.69, 9.17) is 13.3 Å². The van der Waals surface area contributed by atoms with Crippen LogP contribution >= 0.6 is 0 Å². The topological polar surface area (TPSA) is 105 Å². The van der Waals surface area contributed by atoms with Gasteiger partial charge in [0.2, 0.25) is 10.4 Å². The summed E-state index contributed by atoms with van der Waals surface area (Å²) in [6.45, 7) is 21.3. The van der Waals surface area contributed by atoms with E-state index < -0.39 is 43.7 Å². The summed E-state index contributed by atoms with van der Waals surface area (Å²) in [7, 11) is -11.0. The zero-order valence-corrected chi connectivity index (χ0v) is 25.9. The van der Waals surface area contributed by atoms with Crippen LogP contribution in [0.4, 0.5) is 0 Å². The maximum Gasteiger partial charge on any atom is 1.00 e. The molecule has 0 unspecified atom stereocenters. The van der Waals surface area contributed by atoms with Crippen LogP contribution in [-0.4, -0.2) is 64.6 Å². The van der Waals surface area contributed by atoms with Gasteiger partial charge in [0.1, 0.15) is 0 Å². The third-order valence-corrected chi connectivity index (χ3v) is 15.4. The van der Waals surface area contributed by atoms with E-state index in [1.807, 2.05) is 13.1 Å². The first-order chi connectivity index (χ1) is 11.2. The molecule has 0 amide bonds. The molecular formula is C14H39NaO7SSi4. The second-order valence-corrected chi connectivity index (χ2v) is 28.6. The van der Waals surface area contributed by atoms with Crippen molar-refractivity contribution in [2.75, 3.05) is 13.2 Å². The van der Waals surface area contributed by atoms with Crippen molar-refractivity contribution in [1.82, 2.24) is 0 Å². The van der Waals surface area contributed by atoms with Crippen LogP contribution in [0.25, 0.3) is 0 Å². The van der Waals surface area contributed by atoms with E-state index in [0.29, 0.717) is 6.04 Å². The van der Waals surface area contributed by atoms with Gasteiger partial charge in [0.15, 0.2) is 33.3 Å². The fourth-order valence-electron chi connectivity index (χ4n) is 2.42. The summed E-state index contributed by atoms with van der Waals surface area (Å²) in [6, 6.07) is 1.37. The Kier molecular flexibility index (Phi) is 16.2. The average molecular weight is 487 g/mol. The van der Waals surface area contributed by atoms with Crippen molar-refractivity contribution in [3.05, 3.63) is 0 Å². The Balaban J connectivity index is -0.000000430. The average Bonchev–Trinajstić information content (AvgIpc) is 2.19. The molecule has 160 valence electrons. The summed E-state index contributed by atoms with van der Waals surface area (Å²) >= 11 is 0. The van der Waals surface area contributed by atoms with Gasteiger partial charge in [0.05, 0.1) is 6.61 Å². The Bertz CT molecular complexity index is 503. The molecule has 0 rings (SSSR count). The van der Waals surface area contributed by atoms with Gasteiger partial charge in [0, 0.05) is 6.61 Å². The third kappa shape index (κ3) is 27.6. The minimum absolute atomic E-state index is 0. The normalized spacial score (nSPS) is 13.5. The van der Waals surface area contributed by atoms with Crippen LogP contribution in [0.2, 0.25) is 77.6 Å². The summed E-state index contributed by atoms with van der Waals surface area (Å²) in [5.41, 5.74) is 0. The van der Waals surface area contributed by atoms with Crippen LogP contribution in [-0.2, 0) is 22.8 Å². The second kappa shape index (κ2) is 13.1. The number of hydrogen-bond donors (Lipinski definition) is 1. The van der Waals surface area contributed by atoms with Gasteiger partial charge in [-0.3, -0.25) is 4.18 Å². The number of rotatable bonds is 10. The van der Waals surface area contributed by atoms with Crippen molar-refractivity contribution in [3.63, 3.8) is 0 Å². The molecule has 0 radical (unpaired) electrons. The third-order valence-electron chi connectivity index (χ3n) is 2.81. The Hall–Kier alpha value is 1.62. The number of aliphatic hydroxyl groups excluding tert-OH is 1. The standard InChI is InChI=1S/C7H20O5SSi2.C7H20O2Si2.Na/c1-14(2,3)12-15(4,5)7-6-11-13(8,9)10;1-10(2,3)9-11(4,5)7-6-8;/h6-7H2,1-5H3,(H,8,9,10);8H,6-7H2,1-5H3;/q;;+1/p-1. The molecular weight excluding hydrogens is 448 g/mol. The van der Waals surface area contributed by atoms with Gasteiger partial charge in [-0.2, -0.15) is 0 Å². The van der Waals surface area contributed by atoms with Gasteiger partial charge < -0.3 is 17.9 Å². The molecule has 0 aromatic rings. The molecule has 0 aliphatic heterocycles. The summed E-state index contributed by atoms with van der Waals surface area (Å²) < 4.78 is 46.7. The van der Waals surface area contributed by atoms with E-state index in [-0.39, 0.29) is 42.8 Å². The molecule has 0 aromatic heterocycles. The van der Waals surface area contributed by atoms with Gasteiger partial charge in [-0.05, 0) is 77.6 Å². The molecule has 0 saturated heterocycles. The maximum absolute atomic E-state index is 10.2. The summed E-state index contributed by atoms with van der Waals surface area (Å²) in [6.07, 6.45) is 0. The van der Waals surface area contributed by atoms with Crippen LogP contribution in [0.5, 0.6) is 0 Å². The number of hydrogen-bond acceptors (Lipinski definition) is 7. The molecule has 0 bridgehead atoms. The van der Waals surface area contributed by atoms with Crippen LogP contribution < -0.4 is 29.6 Å². The Labute approximate surface area is 193 Å². The second-order valence-electron chi connectivity index (χ2n) is 9.40. The van der Waals surface area contributed by atoms with Gasteiger partial charge in [-0.1, -0.05) is 0 Å². The van der Waals surface area contributed by atoms with Gasteiger partial charge in [-0.25, -0.2) is 8.42 Å². The van der Waals surface area contributed by atoms with Crippen LogP contribution in [0, 0.1) is 0 Å². The van der Waals surface area contributed by atoms with Gasteiger partial charge >= 0.3 is 29.6 Å². The van der Waals surface area contributed by atoms with Crippen LogP contribution in [0.1, 0.15) is 0 Å². The van der Waals surface area contributed by atoms with Crippen LogP contribution in [0.15, 0.2) is 0 Å². The number of aliphatic hydroxyl groups is 1. The largest absolute Gasteiger partial charge is 1.00 e. The summed E-state index contributed by atoms with van der Waals surface area (Å²) in [5, 5.41) is 8.77. The van der Waals surface area contributed by atoms with Crippen molar-refractivity contribution >= 4 is 43.7 Å².